The van der Waals surface area contributed by atoms with Gasteiger partial charge in [-0.1, -0.05) is 66.7 Å². The molecule has 5 heteroatoms. The molecule has 3 aromatic rings. The van der Waals surface area contributed by atoms with Crippen LogP contribution >= 0.6 is 7.82 Å². The van der Waals surface area contributed by atoms with Gasteiger partial charge in [-0.3, -0.25) is 4.52 Å². The second-order valence-corrected chi connectivity index (χ2v) is 6.53. The number of phosphoric acid groups is 1. The van der Waals surface area contributed by atoms with Crippen LogP contribution < -0.4 is 9.05 Å². The Kier molecular flexibility index (Phi) is 5.32. The van der Waals surface area contributed by atoms with Gasteiger partial charge in [0, 0.05) is 0 Å². The van der Waals surface area contributed by atoms with E-state index in [-0.39, 0.29) is 6.61 Å². The Morgan fingerprint density at radius 1 is 0.625 bits per heavy atom. The van der Waals surface area contributed by atoms with Gasteiger partial charge in [-0.15, -0.1) is 0 Å². The third-order valence-electron chi connectivity index (χ3n) is 3.15. The average molecular weight is 340 g/mol. The van der Waals surface area contributed by atoms with Crippen molar-refractivity contribution in [2.75, 3.05) is 0 Å². The van der Waals surface area contributed by atoms with Crippen molar-refractivity contribution in [3.63, 3.8) is 0 Å². The SMILES string of the molecule is O=P(OCc1ccccc1)(Oc1ccccc1)Oc1ccccc1. The fourth-order valence-electron chi connectivity index (χ4n) is 2.02. The van der Waals surface area contributed by atoms with Crippen molar-refractivity contribution in [1.29, 1.82) is 0 Å². The summed E-state index contributed by atoms with van der Waals surface area (Å²) in [6.45, 7) is 0.123. The zero-order chi connectivity index (χ0) is 16.7. The zero-order valence-corrected chi connectivity index (χ0v) is 13.8. The molecule has 24 heavy (non-hydrogen) atoms. The maximum atomic E-state index is 13.1. The van der Waals surface area contributed by atoms with Crippen LogP contribution in [0.1, 0.15) is 5.56 Å². The summed E-state index contributed by atoms with van der Waals surface area (Å²) in [6, 6.07) is 27.1. The molecule has 4 nitrogen and oxygen atoms in total. The van der Waals surface area contributed by atoms with Crippen LogP contribution in [0.15, 0.2) is 91.0 Å². The largest absolute Gasteiger partial charge is 0.587 e. The molecule has 0 radical (unpaired) electrons. The molecule has 0 heterocycles. The summed E-state index contributed by atoms with van der Waals surface area (Å²) in [5.41, 5.74) is 0.881. The summed E-state index contributed by atoms with van der Waals surface area (Å²) in [6.07, 6.45) is 0. The normalized spacial score (nSPS) is 11.0. The number of para-hydroxylation sites is 2. The van der Waals surface area contributed by atoms with E-state index in [1.54, 1.807) is 48.5 Å². The van der Waals surface area contributed by atoms with E-state index in [0.717, 1.165) is 5.56 Å². The first-order chi connectivity index (χ1) is 11.7. The van der Waals surface area contributed by atoms with Gasteiger partial charge in [0.25, 0.3) is 0 Å². The summed E-state index contributed by atoms with van der Waals surface area (Å²) in [4.78, 5) is 0. The van der Waals surface area contributed by atoms with Crippen LogP contribution in [0, 0.1) is 0 Å². The highest BCUT2D eigenvalue weighted by molar-refractivity contribution is 7.49. The minimum atomic E-state index is -3.83. The van der Waals surface area contributed by atoms with Crippen LogP contribution in [0.3, 0.4) is 0 Å². The lowest BCUT2D eigenvalue weighted by molar-refractivity contribution is 0.201. The Morgan fingerprint density at radius 3 is 1.50 bits per heavy atom. The van der Waals surface area contributed by atoms with Crippen LogP contribution in [0.5, 0.6) is 11.5 Å². The van der Waals surface area contributed by atoms with E-state index in [1.165, 1.54) is 0 Å². The van der Waals surface area contributed by atoms with E-state index in [1.807, 2.05) is 42.5 Å². The first-order valence-corrected chi connectivity index (χ1v) is 8.97. The second-order valence-electron chi connectivity index (χ2n) is 5.01. The van der Waals surface area contributed by atoms with Gasteiger partial charge < -0.3 is 9.05 Å². The Labute approximate surface area is 141 Å². The summed E-state index contributed by atoms with van der Waals surface area (Å²) >= 11 is 0. The highest BCUT2D eigenvalue weighted by Gasteiger charge is 2.30. The number of rotatable bonds is 7. The number of hydrogen-bond acceptors (Lipinski definition) is 4. The standard InChI is InChI=1S/C19H17O4P/c20-24(22-18-12-6-2-7-13-18,23-19-14-8-3-9-15-19)21-16-17-10-4-1-5-11-17/h1-15H,16H2. The topological polar surface area (TPSA) is 44.8 Å². The van der Waals surface area contributed by atoms with Gasteiger partial charge >= 0.3 is 7.82 Å². The third-order valence-corrected chi connectivity index (χ3v) is 4.47. The molecule has 0 atom stereocenters. The maximum Gasteiger partial charge on any atom is 0.587 e. The molecule has 0 aliphatic heterocycles. The molecule has 0 N–H and O–H groups in total. The van der Waals surface area contributed by atoms with Gasteiger partial charge in [0.1, 0.15) is 11.5 Å². The Bertz CT molecular complexity index is 746. The van der Waals surface area contributed by atoms with Crippen LogP contribution in [-0.2, 0) is 15.7 Å². The van der Waals surface area contributed by atoms with Crippen molar-refractivity contribution in [2.45, 2.75) is 6.61 Å². The molecular weight excluding hydrogens is 323 g/mol. The summed E-state index contributed by atoms with van der Waals surface area (Å²) < 4.78 is 29.7. The molecule has 0 aliphatic rings. The Hall–Kier alpha value is -2.55. The highest BCUT2D eigenvalue weighted by Crippen LogP contribution is 2.50. The van der Waals surface area contributed by atoms with Gasteiger partial charge in [0.05, 0.1) is 6.61 Å². The maximum absolute atomic E-state index is 13.1. The second kappa shape index (κ2) is 7.82. The van der Waals surface area contributed by atoms with Crippen LogP contribution in [0.4, 0.5) is 0 Å². The minimum absolute atomic E-state index is 0.123. The lowest BCUT2D eigenvalue weighted by Gasteiger charge is -2.19. The van der Waals surface area contributed by atoms with Crippen LogP contribution in [0.2, 0.25) is 0 Å². The van der Waals surface area contributed by atoms with Crippen molar-refractivity contribution in [3.05, 3.63) is 96.6 Å². The first kappa shape index (κ1) is 16.3. The molecule has 3 rings (SSSR count). The Balaban J connectivity index is 1.78. The van der Waals surface area contributed by atoms with Crippen molar-refractivity contribution in [3.8, 4) is 11.5 Å². The average Bonchev–Trinajstić information content (AvgIpc) is 2.63. The lowest BCUT2D eigenvalue weighted by atomic mass is 10.2. The zero-order valence-electron chi connectivity index (χ0n) is 12.9. The monoisotopic (exact) mass is 340 g/mol. The molecule has 0 saturated carbocycles. The molecular formula is C19H17O4P. The molecule has 0 unspecified atom stereocenters. The molecule has 0 aliphatic carbocycles. The molecule has 0 bridgehead atoms. The van der Waals surface area contributed by atoms with Crippen molar-refractivity contribution < 1.29 is 18.1 Å². The van der Waals surface area contributed by atoms with E-state index in [2.05, 4.69) is 0 Å². The fourth-order valence-corrected chi connectivity index (χ4v) is 3.23. The number of benzene rings is 3. The van der Waals surface area contributed by atoms with Gasteiger partial charge in [0.2, 0.25) is 0 Å². The van der Waals surface area contributed by atoms with Gasteiger partial charge in [0.15, 0.2) is 0 Å². The third kappa shape index (κ3) is 4.72. The number of hydrogen-bond donors (Lipinski definition) is 0. The first-order valence-electron chi connectivity index (χ1n) is 7.51. The van der Waals surface area contributed by atoms with Crippen LogP contribution in [0.25, 0.3) is 0 Å². The molecule has 0 saturated heterocycles. The minimum Gasteiger partial charge on any atom is -0.395 e. The molecule has 0 fully saturated rings. The summed E-state index contributed by atoms with van der Waals surface area (Å²) in [7, 11) is -3.83. The predicted octanol–water partition coefficient (Wildman–Crippen LogP) is 5.47. The lowest BCUT2D eigenvalue weighted by Crippen LogP contribution is -2.05. The van der Waals surface area contributed by atoms with Gasteiger partial charge in [-0.05, 0) is 29.8 Å². The number of phosphoric ester groups is 1. The molecule has 0 amide bonds. The van der Waals surface area contributed by atoms with Crippen molar-refractivity contribution in [2.24, 2.45) is 0 Å². The predicted molar refractivity (Wildman–Crippen MR) is 93.0 cm³/mol. The van der Waals surface area contributed by atoms with E-state index >= 15 is 0 Å². The van der Waals surface area contributed by atoms with Gasteiger partial charge in [-0.25, -0.2) is 4.57 Å². The van der Waals surface area contributed by atoms with Crippen molar-refractivity contribution in [1.82, 2.24) is 0 Å². The molecule has 0 spiro atoms. The quantitative estimate of drug-likeness (QED) is 0.535. The molecule has 0 aromatic heterocycles. The molecule has 122 valence electrons. The highest BCUT2D eigenvalue weighted by atomic mass is 31.2. The van der Waals surface area contributed by atoms with E-state index < -0.39 is 7.82 Å². The Morgan fingerprint density at radius 2 is 1.04 bits per heavy atom. The summed E-state index contributed by atoms with van der Waals surface area (Å²) in [5.74, 6) is 0.842. The van der Waals surface area contributed by atoms with Gasteiger partial charge in [-0.2, -0.15) is 0 Å². The summed E-state index contributed by atoms with van der Waals surface area (Å²) in [5, 5.41) is 0. The van der Waals surface area contributed by atoms with E-state index in [9.17, 15) is 4.57 Å². The smallest absolute Gasteiger partial charge is 0.395 e. The van der Waals surface area contributed by atoms with E-state index in [4.69, 9.17) is 13.6 Å². The fraction of sp³-hybridized carbons (Fsp3) is 0.0526. The van der Waals surface area contributed by atoms with E-state index in [0.29, 0.717) is 11.5 Å². The van der Waals surface area contributed by atoms with Crippen LogP contribution in [-0.4, -0.2) is 0 Å². The van der Waals surface area contributed by atoms with Crippen molar-refractivity contribution >= 4 is 7.82 Å². The molecule has 3 aromatic carbocycles.